The minimum Gasteiger partial charge on any atom is -0.493 e. The fourth-order valence-corrected chi connectivity index (χ4v) is 3.06. The molecule has 1 aliphatic rings. The zero-order valence-corrected chi connectivity index (χ0v) is 13.0. The lowest BCUT2D eigenvalue weighted by Crippen LogP contribution is -2.58. The molecule has 0 bridgehead atoms. The summed E-state index contributed by atoms with van der Waals surface area (Å²) in [5.41, 5.74) is 9.00. The van der Waals surface area contributed by atoms with E-state index >= 15 is 0 Å². The Bertz CT molecular complexity index is 648. The predicted molar refractivity (Wildman–Crippen MR) is 90.2 cm³/mol. The second-order valence-corrected chi connectivity index (χ2v) is 5.90. The van der Waals surface area contributed by atoms with Crippen LogP contribution in [0.5, 0.6) is 5.75 Å². The predicted octanol–water partition coefficient (Wildman–Crippen LogP) is 2.70. The lowest BCUT2D eigenvalue weighted by molar-refractivity contribution is 0.234. The normalized spacial score (nSPS) is 17.2. The first-order valence-corrected chi connectivity index (χ1v) is 7.68. The van der Waals surface area contributed by atoms with E-state index in [-0.39, 0.29) is 0 Å². The molecule has 1 aromatic carbocycles. The molecule has 0 saturated carbocycles. The second kappa shape index (κ2) is 5.94. The molecule has 0 amide bonds. The Morgan fingerprint density at radius 1 is 1.05 bits per heavy atom. The van der Waals surface area contributed by atoms with Crippen molar-refractivity contribution in [2.45, 2.75) is 19.3 Å². The molecule has 5 nitrogen and oxygen atoms in total. The number of rotatable bonds is 3. The second-order valence-electron chi connectivity index (χ2n) is 5.90. The van der Waals surface area contributed by atoms with Crippen molar-refractivity contribution in [2.75, 3.05) is 25.9 Å². The number of nitrogens with zero attached hydrogens (tertiary/aromatic N) is 2. The Kier molecular flexibility index (Phi) is 4.00. The highest BCUT2D eigenvalue weighted by molar-refractivity contribution is 5.68. The van der Waals surface area contributed by atoms with Crippen LogP contribution in [0.25, 0.3) is 11.1 Å². The molecular formula is C17H23N4O+. The summed E-state index contributed by atoms with van der Waals surface area (Å²) in [5, 5.41) is 0. The van der Waals surface area contributed by atoms with Crippen LogP contribution >= 0.6 is 0 Å². The molecule has 2 heterocycles. The first kappa shape index (κ1) is 14.8. The first-order valence-electron chi connectivity index (χ1n) is 7.68. The largest absolute Gasteiger partial charge is 0.493 e. The summed E-state index contributed by atoms with van der Waals surface area (Å²) in [6, 6.07) is 10.3. The van der Waals surface area contributed by atoms with Crippen LogP contribution in [0, 0.1) is 0 Å². The van der Waals surface area contributed by atoms with Crippen LogP contribution in [-0.2, 0) is 0 Å². The molecule has 5 heteroatoms. The summed E-state index contributed by atoms with van der Waals surface area (Å²) < 4.78 is 5.78. The number of anilines is 1. The van der Waals surface area contributed by atoms with E-state index < -0.39 is 0 Å². The van der Waals surface area contributed by atoms with Crippen LogP contribution in [0.2, 0.25) is 0 Å². The minimum absolute atomic E-state index is 0.405. The number of nitrogen functional groups attached to an aromatic ring is 1. The molecule has 1 aromatic heterocycles. The fourth-order valence-electron chi connectivity index (χ4n) is 3.06. The zero-order valence-electron chi connectivity index (χ0n) is 13.0. The molecule has 3 rings (SSSR count). The molecule has 4 N–H and O–H groups in total. The highest BCUT2D eigenvalue weighted by Gasteiger charge is 2.28. The molecular weight excluding hydrogens is 276 g/mol. The number of piperidine rings is 1. The maximum Gasteiger partial charge on any atom is 0.166 e. The number of quaternary nitrogens is 1. The van der Waals surface area contributed by atoms with Crippen molar-refractivity contribution < 1.29 is 4.74 Å². The quantitative estimate of drug-likeness (QED) is 0.675. The van der Waals surface area contributed by atoms with Gasteiger partial charge in [0.1, 0.15) is 13.1 Å². The van der Waals surface area contributed by atoms with Gasteiger partial charge in [-0.1, -0.05) is 0 Å². The Balaban J connectivity index is 1.88. The molecule has 0 spiro atoms. The number of pyridine rings is 1. The lowest BCUT2D eigenvalue weighted by Gasteiger charge is -2.35. The molecule has 116 valence electrons. The Morgan fingerprint density at radius 3 is 2.36 bits per heavy atom. The Morgan fingerprint density at radius 2 is 1.73 bits per heavy atom. The summed E-state index contributed by atoms with van der Waals surface area (Å²) >= 11 is 0. The van der Waals surface area contributed by atoms with Crippen molar-refractivity contribution in [1.29, 1.82) is 0 Å². The fraction of sp³-hybridized carbons (Fsp3) is 0.353. The number of methoxy groups -OCH3 is 1. The molecule has 0 aliphatic carbocycles. The molecule has 1 fully saturated rings. The van der Waals surface area contributed by atoms with Gasteiger partial charge in [0.25, 0.3) is 0 Å². The van der Waals surface area contributed by atoms with Crippen molar-refractivity contribution in [3.05, 3.63) is 36.5 Å². The van der Waals surface area contributed by atoms with Gasteiger partial charge >= 0.3 is 0 Å². The lowest BCUT2D eigenvalue weighted by atomic mass is 10.0. The Hall–Kier alpha value is -2.11. The van der Waals surface area contributed by atoms with Gasteiger partial charge in [-0.3, -0.25) is 0 Å². The summed E-state index contributed by atoms with van der Waals surface area (Å²) in [6.07, 6.45) is 5.43. The summed E-state index contributed by atoms with van der Waals surface area (Å²) in [4.78, 5) is 4.18. The zero-order chi connectivity index (χ0) is 15.6. The average Bonchev–Trinajstić information content (AvgIpc) is 2.56. The minimum atomic E-state index is 0.405. The standard InChI is InChI=1S/C17H23N4O/c1-22-16-11-14(12-20-17(16)18)13-5-7-15(8-6-13)21(19)9-3-2-4-10-21/h5-8,11-12H,2-4,9-10,19H2,1H3,(H2,18,20)/q+1. The van der Waals surface area contributed by atoms with Crippen molar-refractivity contribution in [1.82, 2.24) is 9.58 Å². The van der Waals surface area contributed by atoms with E-state index in [9.17, 15) is 0 Å². The van der Waals surface area contributed by atoms with E-state index in [1.807, 2.05) is 6.07 Å². The number of aromatic nitrogens is 1. The van der Waals surface area contributed by atoms with E-state index in [0.717, 1.165) is 24.2 Å². The SMILES string of the molecule is COc1cc(-c2ccc([N+]3(N)CCCCC3)cc2)cnc1N. The van der Waals surface area contributed by atoms with Gasteiger partial charge in [-0.15, -0.1) is 0 Å². The number of nitrogens with two attached hydrogens (primary N) is 2. The van der Waals surface area contributed by atoms with Crippen LogP contribution in [0.3, 0.4) is 0 Å². The smallest absolute Gasteiger partial charge is 0.166 e. The average molecular weight is 299 g/mol. The highest BCUT2D eigenvalue weighted by atomic mass is 16.5. The van der Waals surface area contributed by atoms with Crippen LogP contribution in [0.4, 0.5) is 11.5 Å². The van der Waals surface area contributed by atoms with Crippen molar-refractivity contribution in [2.24, 2.45) is 5.84 Å². The van der Waals surface area contributed by atoms with E-state index in [2.05, 4.69) is 29.2 Å². The topological polar surface area (TPSA) is 74.2 Å². The van der Waals surface area contributed by atoms with Gasteiger partial charge in [0, 0.05) is 23.9 Å². The molecule has 22 heavy (non-hydrogen) atoms. The van der Waals surface area contributed by atoms with Gasteiger partial charge in [-0.25, -0.2) is 9.58 Å². The van der Waals surface area contributed by atoms with Gasteiger partial charge in [0.15, 0.2) is 17.3 Å². The van der Waals surface area contributed by atoms with E-state index in [4.69, 9.17) is 16.3 Å². The van der Waals surface area contributed by atoms with Crippen LogP contribution in [0.15, 0.2) is 36.5 Å². The van der Waals surface area contributed by atoms with Crippen LogP contribution in [-0.4, -0.2) is 25.2 Å². The summed E-state index contributed by atoms with van der Waals surface area (Å²) in [7, 11) is 1.60. The molecule has 1 saturated heterocycles. The van der Waals surface area contributed by atoms with Gasteiger partial charge in [0.2, 0.25) is 0 Å². The van der Waals surface area contributed by atoms with E-state index in [0.29, 0.717) is 16.2 Å². The number of ether oxygens (including phenoxy) is 1. The third-order valence-electron chi connectivity index (χ3n) is 4.43. The van der Waals surface area contributed by atoms with Crippen LogP contribution in [0.1, 0.15) is 19.3 Å². The maximum atomic E-state index is 6.52. The molecule has 0 radical (unpaired) electrons. The monoisotopic (exact) mass is 299 g/mol. The molecule has 1 aliphatic heterocycles. The van der Waals surface area contributed by atoms with Gasteiger partial charge in [-0.05, 0) is 43.0 Å². The molecule has 0 unspecified atom stereocenters. The van der Waals surface area contributed by atoms with E-state index in [1.54, 1.807) is 13.3 Å². The number of hydrogen-bond acceptors (Lipinski definition) is 4. The van der Waals surface area contributed by atoms with Gasteiger partial charge in [-0.2, -0.15) is 5.84 Å². The maximum absolute atomic E-state index is 6.52. The van der Waals surface area contributed by atoms with Crippen molar-refractivity contribution in [3.8, 4) is 16.9 Å². The van der Waals surface area contributed by atoms with E-state index in [1.165, 1.54) is 24.9 Å². The third-order valence-corrected chi connectivity index (χ3v) is 4.43. The highest BCUT2D eigenvalue weighted by Crippen LogP contribution is 2.30. The first-order chi connectivity index (χ1) is 10.6. The number of hydrogen-bond donors (Lipinski definition) is 2. The third kappa shape index (κ3) is 2.77. The summed E-state index contributed by atoms with van der Waals surface area (Å²) in [5.74, 6) is 7.53. The van der Waals surface area contributed by atoms with Crippen molar-refractivity contribution in [3.63, 3.8) is 0 Å². The van der Waals surface area contributed by atoms with Crippen LogP contribution < -0.4 is 20.9 Å². The molecule has 0 atom stereocenters. The number of benzene rings is 1. The Labute approximate surface area is 131 Å². The summed E-state index contributed by atoms with van der Waals surface area (Å²) in [6.45, 7) is 2.02. The van der Waals surface area contributed by atoms with Gasteiger partial charge in [0.05, 0.1) is 7.11 Å². The van der Waals surface area contributed by atoms with Crippen molar-refractivity contribution >= 4 is 11.5 Å². The molecule has 2 aromatic rings. The van der Waals surface area contributed by atoms with Gasteiger partial charge < -0.3 is 10.5 Å².